The number of nitrogens with one attached hydrogen (secondary N) is 1. The number of hydrogen-bond acceptors (Lipinski definition) is 6. The van der Waals surface area contributed by atoms with Crippen molar-refractivity contribution in [3.63, 3.8) is 0 Å². The zero-order chi connectivity index (χ0) is 16.8. The highest BCUT2D eigenvalue weighted by Gasteiger charge is 2.10. The zero-order valence-corrected chi connectivity index (χ0v) is 13.9. The molecular formula is C16H19N3O3S. The van der Waals surface area contributed by atoms with Crippen molar-refractivity contribution >= 4 is 28.3 Å². The summed E-state index contributed by atoms with van der Waals surface area (Å²) < 4.78 is 4.71. The van der Waals surface area contributed by atoms with Crippen LogP contribution in [0.15, 0.2) is 30.5 Å². The Morgan fingerprint density at radius 3 is 2.91 bits per heavy atom. The van der Waals surface area contributed by atoms with Crippen LogP contribution in [0.5, 0.6) is 0 Å². The van der Waals surface area contributed by atoms with E-state index in [0.717, 1.165) is 10.4 Å². The molecule has 0 saturated heterocycles. The highest BCUT2D eigenvalue weighted by molar-refractivity contribution is 7.15. The largest absolute Gasteiger partial charge is 0.465 e. The van der Waals surface area contributed by atoms with Crippen LogP contribution in [0.25, 0.3) is 0 Å². The van der Waals surface area contributed by atoms with Gasteiger partial charge < -0.3 is 15.8 Å². The van der Waals surface area contributed by atoms with E-state index in [4.69, 9.17) is 10.5 Å². The van der Waals surface area contributed by atoms with E-state index in [0.29, 0.717) is 17.1 Å². The summed E-state index contributed by atoms with van der Waals surface area (Å²) in [5.41, 5.74) is 7.08. The number of benzene rings is 1. The molecule has 0 bridgehead atoms. The first kappa shape index (κ1) is 17.1. The highest BCUT2D eigenvalue weighted by atomic mass is 32.1. The summed E-state index contributed by atoms with van der Waals surface area (Å²) in [6.07, 6.45) is 2.61. The van der Waals surface area contributed by atoms with Crippen molar-refractivity contribution in [2.45, 2.75) is 25.8 Å². The van der Waals surface area contributed by atoms with Crippen LogP contribution in [0, 0.1) is 0 Å². The second-order valence-electron chi connectivity index (χ2n) is 5.23. The van der Waals surface area contributed by atoms with Gasteiger partial charge in [-0.15, -0.1) is 11.3 Å². The fraction of sp³-hybridized carbons (Fsp3) is 0.312. The number of carbonyl (C=O) groups is 2. The van der Waals surface area contributed by atoms with Gasteiger partial charge in [0.15, 0.2) is 5.13 Å². The summed E-state index contributed by atoms with van der Waals surface area (Å²) in [6, 6.07) is 7.06. The quantitative estimate of drug-likeness (QED) is 0.790. The predicted molar refractivity (Wildman–Crippen MR) is 89.6 cm³/mol. The summed E-state index contributed by atoms with van der Waals surface area (Å²) in [4.78, 5) is 28.4. The van der Waals surface area contributed by atoms with Crippen LogP contribution in [0.1, 0.15) is 34.1 Å². The maximum atomic E-state index is 11.7. The molecule has 0 fully saturated rings. The van der Waals surface area contributed by atoms with Gasteiger partial charge in [0.2, 0.25) is 5.91 Å². The van der Waals surface area contributed by atoms with E-state index in [1.165, 1.54) is 18.4 Å². The average Bonchev–Trinajstić information content (AvgIpc) is 2.92. The summed E-state index contributed by atoms with van der Waals surface area (Å²) >= 11 is 1.40. The number of hydrogen-bond donors (Lipinski definition) is 2. The van der Waals surface area contributed by atoms with Crippen LogP contribution < -0.4 is 11.1 Å². The number of thiazole rings is 1. The lowest BCUT2D eigenvalue weighted by Gasteiger charge is -2.04. The molecule has 6 nitrogen and oxygen atoms in total. The SMILES string of the molecule is COC(=O)c1cccc(Cc2cnc(NC(=O)CC(C)N)s2)c1. The number of nitrogens with zero attached hydrogens (tertiary/aromatic N) is 1. The molecule has 2 aromatic rings. The van der Waals surface area contributed by atoms with Crippen LogP contribution in [0.4, 0.5) is 5.13 Å². The molecule has 1 aromatic carbocycles. The maximum absolute atomic E-state index is 11.7. The summed E-state index contributed by atoms with van der Waals surface area (Å²) in [7, 11) is 1.36. The first-order valence-corrected chi connectivity index (χ1v) is 7.97. The number of anilines is 1. The van der Waals surface area contributed by atoms with Crippen LogP contribution in [-0.4, -0.2) is 30.0 Å². The first-order chi connectivity index (χ1) is 11.0. The zero-order valence-electron chi connectivity index (χ0n) is 13.0. The summed E-state index contributed by atoms with van der Waals surface area (Å²) in [5.74, 6) is -0.506. The lowest BCUT2D eigenvalue weighted by atomic mass is 10.1. The Labute approximate surface area is 138 Å². The van der Waals surface area contributed by atoms with E-state index in [-0.39, 0.29) is 24.3 Å². The fourth-order valence-electron chi connectivity index (χ4n) is 2.04. The van der Waals surface area contributed by atoms with Crippen molar-refractivity contribution < 1.29 is 14.3 Å². The van der Waals surface area contributed by atoms with Gasteiger partial charge in [0, 0.05) is 30.0 Å². The Balaban J connectivity index is 2.02. The lowest BCUT2D eigenvalue weighted by Crippen LogP contribution is -2.23. The monoisotopic (exact) mass is 333 g/mol. The normalized spacial score (nSPS) is 11.8. The Hall–Kier alpha value is -2.25. The standard InChI is InChI=1S/C16H19N3O3S/c1-10(17)6-14(20)19-16-18-9-13(23-16)8-11-4-3-5-12(7-11)15(21)22-2/h3-5,7,9-10H,6,8,17H2,1-2H3,(H,18,19,20). The minimum absolute atomic E-state index is 0.145. The number of carbonyl (C=O) groups excluding carboxylic acids is 2. The number of rotatable bonds is 6. The number of methoxy groups -OCH3 is 1. The van der Waals surface area contributed by atoms with Crippen molar-refractivity contribution in [2.75, 3.05) is 12.4 Å². The molecule has 0 aliphatic heterocycles. The van der Waals surface area contributed by atoms with Gasteiger partial charge in [-0.1, -0.05) is 12.1 Å². The van der Waals surface area contributed by atoms with Gasteiger partial charge in [-0.3, -0.25) is 4.79 Å². The Morgan fingerprint density at radius 2 is 2.22 bits per heavy atom. The van der Waals surface area contributed by atoms with Gasteiger partial charge in [-0.05, 0) is 24.6 Å². The Bertz CT molecular complexity index is 697. The van der Waals surface area contributed by atoms with Gasteiger partial charge in [0.1, 0.15) is 0 Å². The van der Waals surface area contributed by atoms with Gasteiger partial charge >= 0.3 is 5.97 Å². The van der Waals surface area contributed by atoms with E-state index in [9.17, 15) is 9.59 Å². The second kappa shape index (κ2) is 7.85. The van der Waals surface area contributed by atoms with E-state index in [1.54, 1.807) is 25.3 Å². The molecule has 1 unspecified atom stereocenters. The molecule has 7 heteroatoms. The summed E-state index contributed by atoms with van der Waals surface area (Å²) in [6.45, 7) is 1.78. The minimum atomic E-state index is -0.361. The Kier molecular flexibility index (Phi) is 5.84. The molecule has 1 heterocycles. The minimum Gasteiger partial charge on any atom is -0.465 e. The third-order valence-corrected chi connectivity index (χ3v) is 3.95. The van der Waals surface area contributed by atoms with Crippen molar-refractivity contribution in [1.29, 1.82) is 0 Å². The number of amides is 1. The Morgan fingerprint density at radius 1 is 1.43 bits per heavy atom. The van der Waals surface area contributed by atoms with E-state index >= 15 is 0 Å². The lowest BCUT2D eigenvalue weighted by molar-refractivity contribution is -0.116. The smallest absolute Gasteiger partial charge is 0.337 e. The highest BCUT2D eigenvalue weighted by Crippen LogP contribution is 2.22. The summed E-state index contributed by atoms with van der Waals surface area (Å²) in [5, 5.41) is 3.28. The van der Waals surface area contributed by atoms with Crippen molar-refractivity contribution in [3.05, 3.63) is 46.5 Å². The average molecular weight is 333 g/mol. The van der Waals surface area contributed by atoms with Crippen molar-refractivity contribution in [3.8, 4) is 0 Å². The van der Waals surface area contributed by atoms with Crippen molar-refractivity contribution in [2.24, 2.45) is 5.73 Å². The molecule has 2 rings (SSSR count). The first-order valence-electron chi connectivity index (χ1n) is 7.15. The van der Waals surface area contributed by atoms with Crippen LogP contribution in [0.3, 0.4) is 0 Å². The second-order valence-corrected chi connectivity index (χ2v) is 6.35. The molecular weight excluding hydrogens is 314 g/mol. The number of ether oxygens (including phenoxy) is 1. The van der Waals surface area contributed by atoms with Crippen LogP contribution in [-0.2, 0) is 16.0 Å². The maximum Gasteiger partial charge on any atom is 0.337 e. The van der Waals surface area contributed by atoms with Gasteiger partial charge in [0.25, 0.3) is 0 Å². The molecule has 122 valence electrons. The molecule has 3 N–H and O–H groups in total. The molecule has 1 amide bonds. The number of esters is 1. The van der Waals surface area contributed by atoms with Crippen LogP contribution in [0.2, 0.25) is 0 Å². The fourth-order valence-corrected chi connectivity index (χ4v) is 2.90. The molecule has 0 aliphatic rings. The molecule has 1 atom stereocenters. The van der Waals surface area contributed by atoms with Gasteiger partial charge in [-0.2, -0.15) is 0 Å². The molecule has 1 aromatic heterocycles. The van der Waals surface area contributed by atoms with Crippen molar-refractivity contribution in [1.82, 2.24) is 4.98 Å². The molecule has 0 radical (unpaired) electrons. The predicted octanol–water partition coefficient (Wildman–Crippen LogP) is 2.20. The third-order valence-electron chi connectivity index (χ3n) is 3.03. The topological polar surface area (TPSA) is 94.3 Å². The molecule has 0 spiro atoms. The molecule has 23 heavy (non-hydrogen) atoms. The number of aromatic nitrogens is 1. The van der Waals surface area contributed by atoms with Gasteiger partial charge in [-0.25, -0.2) is 9.78 Å². The van der Waals surface area contributed by atoms with Gasteiger partial charge in [0.05, 0.1) is 12.7 Å². The van der Waals surface area contributed by atoms with E-state index in [1.807, 2.05) is 12.1 Å². The van der Waals surface area contributed by atoms with Crippen LogP contribution >= 0.6 is 11.3 Å². The van der Waals surface area contributed by atoms with E-state index in [2.05, 4.69) is 10.3 Å². The van der Waals surface area contributed by atoms with E-state index < -0.39 is 0 Å². The molecule has 0 aliphatic carbocycles. The third kappa shape index (κ3) is 5.15. The number of nitrogens with two attached hydrogens (primary N) is 1. The molecule has 0 saturated carbocycles.